The van der Waals surface area contributed by atoms with Crippen LogP contribution in [0.3, 0.4) is 0 Å². The van der Waals surface area contributed by atoms with Gasteiger partial charge in [-0.05, 0) is 41.6 Å². The van der Waals surface area contributed by atoms with Crippen LogP contribution in [-0.2, 0) is 22.9 Å². The molecule has 0 atom stereocenters. The van der Waals surface area contributed by atoms with Gasteiger partial charge in [-0.15, -0.1) is 24.0 Å². The molecule has 0 spiro atoms. The van der Waals surface area contributed by atoms with Crippen molar-refractivity contribution < 1.29 is 8.42 Å². The molecule has 0 aliphatic heterocycles. The van der Waals surface area contributed by atoms with Crippen LogP contribution in [0.5, 0.6) is 0 Å². The summed E-state index contributed by atoms with van der Waals surface area (Å²) in [7, 11) is -1.42. The number of para-hydroxylation sites is 1. The summed E-state index contributed by atoms with van der Waals surface area (Å²) in [6.45, 7) is 2.32. The normalized spacial score (nSPS) is 11.9. The Balaban J connectivity index is 0.00000300. The molecule has 29 heavy (non-hydrogen) atoms. The summed E-state index contributed by atoms with van der Waals surface area (Å²) in [6.07, 6.45) is 4.31. The molecule has 0 amide bonds. The Kier molecular flexibility index (Phi) is 8.51. The molecule has 0 aliphatic carbocycles. The molecule has 0 fully saturated rings. The first-order chi connectivity index (χ1) is 13.5. The fourth-order valence-electron chi connectivity index (χ4n) is 3.05. The van der Waals surface area contributed by atoms with Gasteiger partial charge in [0.05, 0.1) is 4.90 Å². The van der Waals surface area contributed by atoms with Crippen molar-refractivity contribution in [2.45, 2.75) is 24.4 Å². The van der Waals surface area contributed by atoms with Gasteiger partial charge in [0.2, 0.25) is 0 Å². The first-order valence-electron chi connectivity index (χ1n) is 9.25. The minimum Gasteiger partial charge on any atom is -0.356 e. The summed E-state index contributed by atoms with van der Waals surface area (Å²) in [5, 5.41) is 7.82. The van der Waals surface area contributed by atoms with E-state index in [-0.39, 0.29) is 24.0 Å². The molecule has 1 heterocycles. The van der Waals surface area contributed by atoms with Crippen molar-refractivity contribution in [3.8, 4) is 0 Å². The highest BCUT2D eigenvalue weighted by molar-refractivity contribution is 14.0. The lowest BCUT2D eigenvalue weighted by Gasteiger charge is -2.12. The fraction of sp³-hybridized carbons (Fsp3) is 0.286. The van der Waals surface area contributed by atoms with E-state index in [1.54, 1.807) is 19.2 Å². The molecule has 0 aliphatic rings. The first kappa shape index (κ1) is 23.2. The summed E-state index contributed by atoms with van der Waals surface area (Å²) in [5.74, 6) is 0.726. The largest absolute Gasteiger partial charge is 0.356 e. The molecule has 1 aromatic heterocycles. The molecule has 0 radical (unpaired) electrons. The molecule has 6 nitrogen and oxygen atoms in total. The van der Waals surface area contributed by atoms with Crippen LogP contribution in [0, 0.1) is 0 Å². The smallest absolute Gasteiger partial charge is 0.191 e. The number of aliphatic imine (C=N–C) groups is 1. The number of hydrogen-bond acceptors (Lipinski definition) is 3. The van der Waals surface area contributed by atoms with E-state index in [1.807, 2.05) is 12.1 Å². The first-order valence-corrected chi connectivity index (χ1v) is 11.1. The molecular formula is C21H27IN4O2S. The van der Waals surface area contributed by atoms with Gasteiger partial charge in [-0.1, -0.05) is 30.3 Å². The number of benzene rings is 2. The summed E-state index contributed by atoms with van der Waals surface area (Å²) in [4.78, 5) is 4.57. The second kappa shape index (κ2) is 10.6. The molecule has 2 N–H and O–H groups in total. The number of fused-ring (bicyclic) bond motifs is 1. The predicted octanol–water partition coefficient (Wildman–Crippen LogP) is 3.42. The fourth-order valence-corrected chi connectivity index (χ4v) is 3.68. The highest BCUT2D eigenvalue weighted by Gasteiger charge is 2.06. The van der Waals surface area contributed by atoms with E-state index in [2.05, 4.69) is 56.7 Å². The standard InChI is InChI=1S/C21H26N4O2S.HI/c1-22-21(24-16-17-8-10-19(11-9-17)28(2,26)27)23-13-5-14-25-15-12-18-6-3-4-7-20(18)25;/h3-4,6-12,15H,5,13-14,16H2,1-2H3,(H2,22,23,24);1H. The zero-order chi connectivity index (χ0) is 20.0. The monoisotopic (exact) mass is 526 g/mol. The van der Waals surface area contributed by atoms with Crippen LogP contribution in [0.25, 0.3) is 10.9 Å². The lowest BCUT2D eigenvalue weighted by atomic mass is 10.2. The third kappa shape index (κ3) is 6.46. The quantitative estimate of drug-likeness (QED) is 0.214. The van der Waals surface area contributed by atoms with Gasteiger partial charge < -0.3 is 15.2 Å². The molecular weight excluding hydrogens is 499 g/mol. The number of nitrogens with zero attached hydrogens (tertiary/aromatic N) is 2. The Hall–Kier alpha value is -2.07. The lowest BCUT2D eigenvalue weighted by molar-refractivity contribution is 0.602. The number of nitrogens with one attached hydrogen (secondary N) is 2. The molecule has 0 bridgehead atoms. The number of rotatable bonds is 7. The van der Waals surface area contributed by atoms with Gasteiger partial charge in [-0.25, -0.2) is 8.42 Å². The molecule has 0 unspecified atom stereocenters. The van der Waals surface area contributed by atoms with Crippen molar-refractivity contribution in [2.75, 3.05) is 19.8 Å². The zero-order valence-corrected chi connectivity index (χ0v) is 19.8. The van der Waals surface area contributed by atoms with Crippen LogP contribution >= 0.6 is 24.0 Å². The van der Waals surface area contributed by atoms with Gasteiger partial charge in [0.15, 0.2) is 15.8 Å². The van der Waals surface area contributed by atoms with Gasteiger partial charge in [-0.3, -0.25) is 4.99 Å². The summed E-state index contributed by atoms with van der Waals surface area (Å²) in [5.41, 5.74) is 2.25. The van der Waals surface area contributed by atoms with Crippen molar-refractivity contribution >= 4 is 50.7 Å². The van der Waals surface area contributed by atoms with Gasteiger partial charge in [-0.2, -0.15) is 0 Å². The Labute approximate surface area is 189 Å². The van der Waals surface area contributed by atoms with Crippen molar-refractivity contribution in [3.63, 3.8) is 0 Å². The van der Waals surface area contributed by atoms with E-state index >= 15 is 0 Å². The molecule has 8 heteroatoms. The van der Waals surface area contributed by atoms with Gasteiger partial charge in [0.25, 0.3) is 0 Å². The van der Waals surface area contributed by atoms with Crippen molar-refractivity contribution in [1.82, 2.24) is 15.2 Å². The third-order valence-corrected chi connectivity index (χ3v) is 5.71. The number of halogens is 1. The van der Waals surface area contributed by atoms with E-state index < -0.39 is 9.84 Å². The molecule has 0 saturated heterocycles. The van der Waals surface area contributed by atoms with Crippen LogP contribution < -0.4 is 10.6 Å². The average molecular weight is 526 g/mol. The van der Waals surface area contributed by atoms with Crippen LogP contribution in [0.1, 0.15) is 12.0 Å². The van der Waals surface area contributed by atoms with Gasteiger partial charge in [0.1, 0.15) is 0 Å². The van der Waals surface area contributed by atoms with E-state index in [0.717, 1.165) is 31.0 Å². The number of hydrogen-bond donors (Lipinski definition) is 2. The van der Waals surface area contributed by atoms with E-state index in [0.29, 0.717) is 11.4 Å². The summed E-state index contributed by atoms with van der Waals surface area (Å²) < 4.78 is 25.3. The molecule has 156 valence electrons. The van der Waals surface area contributed by atoms with E-state index in [4.69, 9.17) is 0 Å². The van der Waals surface area contributed by atoms with Crippen LogP contribution in [0.15, 0.2) is 70.7 Å². The second-order valence-electron chi connectivity index (χ2n) is 6.69. The van der Waals surface area contributed by atoms with E-state index in [9.17, 15) is 8.42 Å². The molecule has 0 saturated carbocycles. The zero-order valence-electron chi connectivity index (χ0n) is 16.6. The third-order valence-electron chi connectivity index (χ3n) is 4.58. The highest BCUT2D eigenvalue weighted by atomic mass is 127. The summed E-state index contributed by atoms with van der Waals surface area (Å²) in [6, 6.07) is 17.4. The number of guanidine groups is 1. The number of sulfone groups is 1. The van der Waals surface area contributed by atoms with E-state index in [1.165, 1.54) is 17.2 Å². The highest BCUT2D eigenvalue weighted by Crippen LogP contribution is 2.15. The maximum Gasteiger partial charge on any atom is 0.191 e. The Morgan fingerprint density at radius 1 is 1.03 bits per heavy atom. The number of aryl methyl sites for hydroxylation is 1. The second-order valence-corrected chi connectivity index (χ2v) is 8.71. The average Bonchev–Trinajstić information content (AvgIpc) is 3.10. The molecule has 2 aromatic carbocycles. The van der Waals surface area contributed by atoms with Crippen molar-refractivity contribution in [1.29, 1.82) is 0 Å². The Morgan fingerprint density at radius 2 is 1.76 bits per heavy atom. The maximum atomic E-state index is 11.5. The minimum atomic E-state index is -3.16. The van der Waals surface area contributed by atoms with Crippen molar-refractivity contribution in [3.05, 3.63) is 66.4 Å². The van der Waals surface area contributed by atoms with Gasteiger partial charge >= 0.3 is 0 Å². The molecule has 3 rings (SSSR count). The predicted molar refractivity (Wildman–Crippen MR) is 130 cm³/mol. The Morgan fingerprint density at radius 3 is 2.45 bits per heavy atom. The number of aromatic nitrogens is 1. The topological polar surface area (TPSA) is 75.5 Å². The van der Waals surface area contributed by atoms with Gasteiger partial charge in [0, 0.05) is 44.7 Å². The lowest BCUT2D eigenvalue weighted by Crippen LogP contribution is -2.37. The SMILES string of the molecule is CN=C(NCCCn1ccc2ccccc21)NCc1ccc(S(C)(=O)=O)cc1.I. The van der Waals surface area contributed by atoms with Crippen LogP contribution in [0.4, 0.5) is 0 Å². The summed E-state index contributed by atoms with van der Waals surface area (Å²) >= 11 is 0. The Bertz CT molecular complexity index is 1060. The minimum absolute atomic E-state index is 0. The molecule has 3 aromatic rings. The van der Waals surface area contributed by atoms with Crippen LogP contribution in [0.2, 0.25) is 0 Å². The van der Waals surface area contributed by atoms with Crippen molar-refractivity contribution in [2.24, 2.45) is 4.99 Å². The van der Waals surface area contributed by atoms with Crippen LogP contribution in [-0.4, -0.2) is 38.8 Å². The maximum absolute atomic E-state index is 11.5.